The number of benzene rings is 4. The Balaban J connectivity index is 1.45. The molecule has 0 radical (unpaired) electrons. The Bertz CT molecular complexity index is 1910. The Hall–Kier alpha value is -2.87. The third kappa shape index (κ3) is 5.14. The lowest BCUT2D eigenvalue weighted by molar-refractivity contribution is 1.20. The van der Waals surface area contributed by atoms with E-state index in [4.69, 9.17) is 0 Å². The van der Waals surface area contributed by atoms with Gasteiger partial charge in [0.05, 0.1) is 9.75 Å². The van der Waals surface area contributed by atoms with Gasteiger partial charge in [0.15, 0.2) is 0 Å². The molecule has 212 valence electrons. The lowest BCUT2D eigenvalue weighted by Gasteiger charge is -2.19. The van der Waals surface area contributed by atoms with Crippen molar-refractivity contribution in [1.29, 1.82) is 0 Å². The van der Waals surface area contributed by atoms with Gasteiger partial charge in [0.2, 0.25) is 0 Å². The van der Waals surface area contributed by atoms with Crippen molar-refractivity contribution in [3.8, 4) is 22.9 Å². The normalized spacial score (nSPS) is 12.2. The minimum absolute atomic E-state index is 1.21. The highest BCUT2D eigenvalue weighted by molar-refractivity contribution is 7.20. The molecular weight excluding hydrogens is 577 g/mol. The molecular formula is C38H40S2Si2. The molecule has 0 fully saturated rings. The lowest BCUT2D eigenvalue weighted by Crippen LogP contribution is -2.29. The predicted octanol–water partition coefficient (Wildman–Crippen LogP) is 12.4. The second-order valence-electron chi connectivity index (χ2n) is 11.9. The van der Waals surface area contributed by atoms with Crippen LogP contribution in [0.4, 0.5) is 0 Å². The Kier molecular flexibility index (Phi) is 8.12. The molecule has 2 aromatic heterocycles. The van der Waals surface area contributed by atoms with Crippen LogP contribution in [0.5, 0.6) is 0 Å². The van der Waals surface area contributed by atoms with Crippen molar-refractivity contribution < 1.29 is 0 Å². The van der Waals surface area contributed by atoms with E-state index < -0.39 is 16.1 Å². The number of rotatable bonds is 6. The largest absolute Gasteiger partial charge is 0.138 e. The van der Waals surface area contributed by atoms with Gasteiger partial charge in [-0.2, -0.15) is 0 Å². The minimum atomic E-state index is -1.46. The van der Waals surface area contributed by atoms with Crippen molar-refractivity contribution in [3.05, 3.63) is 70.4 Å². The van der Waals surface area contributed by atoms with Crippen molar-refractivity contribution >= 4 is 91.3 Å². The number of hydrogen-bond acceptors (Lipinski definition) is 2. The third-order valence-electron chi connectivity index (χ3n) is 10.1. The second-order valence-corrected chi connectivity index (χ2v) is 23.9. The fourth-order valence-electron chi connectivity index (χ4n) is 6.49. The fraction of sp³-hybridized carbons (Fsp3) is 0.316. The van der Waals surface area contributed by atoms with E-state index in [1.165, 1.54) is 98.5 Å². The molecule has 0 aliphatic carbocycles. The molecule has 0 bridgehead atoms. The van der Waals surface area contributed by atoms with Crippen LogP contribution < -0.4 is 0 Å². The average molecular weight is 617 g/mol. The summed E-state index contributed by atoms with van der Waals surface area (Å²) in [6.45, 7) is 14.0. The maximum absolute atomic E-state index is 3.78. The molecule has 6 aromatic rings. The molecule has 4 aromatic carbocycles. The van der Waals surface area contributed by atoms with E-state index in [9.17, 15) is 0 Å². The molecule has 0 atom stereocenters. The molecule has 0 unspecified atom stereocenters. The van der Waals surface area contributed by atoms with Gasteiger partial charge in [0, 0.05) is 9.40 Å². The summed E-state index contributed by atoms with van der Waals surface area (Å²) >= 11 is 3.70. The van der Waals surface area contributed by atoms with Crippen molar-refractivity contribution in [1.82, 2.24) is 0 Å². The van der Waals surface area contributed by atoms with Gasteiger partial charge in [-0.15, -0.1) is 33.8 Å². The van der Waals surface area contributed by atoms with Crippen molar-refractivity contribution in [3.63, 3.8) is 0 Å². The molecule has 0 nitrogen and oxygen atoms in total. The van der Waals surface area contributed by atoms with Crippen LogP contribution in [-0.2, 0) is 0 Å². The van der Waals surface area contributed by atoms with Crippen LogP contribution in [0.25, 0.3) is 52.5 Å². The van der Waals surface area contributed by atoms with Gasteiger partial charge in [-0.3, -0.25) is 0 Å². The Morgan fingerprint density at radius 2 is 0.833 bits per heavy atom. The van der Waals surface area contributed by atoms with E-state index in [1.54, 1.807) is 0 Å². The van der Waals surface area contributed by atoms with Gasteiger partial charge in [-0.1, -0.05) is 77.6 Å². The van der Waals surface area contributed by atoms with E-state index >= 15 is 0 Å². The van der Waals surface area contributed by atoms with Gasteiger partial charge < -0.3 is 0 Å². The maximum atomic E-state index is 3.78. The zero-order chi connectivity index (χ0) is 29.5. The summed E-state index contributed by atoms with van der Waals surface area (Å²) in [4.78, 5) is 2.41. The summed E-state index contributed by atoms with van der Waals surface area (Å²) in [5.74, 6) is 7.23. The summed E-state index contributed by atoms with van der Waals surface area (Å²) in [7, 11) is -2.91. The van der Waals surface area contributed by atoms with Gasteiger partial charge in [0.1, 0.15) is 16.1 Å². The molecule has 4 heteroatoms. The highest BCUT2D eigenvalue weighted by atomic mass is 32.1. The third-order valence-corrected chi connectivity index (χ3v) is 21.5. The summed E-state index contributed by atoms with van der Waals surface area (Å²) in [5, 5.41) is 10.6. The van der Waals surface area contributed by atoms with E-state index in [-0.39, 0.29) is 0 Å². The first kappa shape index (κ1) is 29.2. The van der Waals surface area contributed by atoms with Gasteiger partial charge >= 0.3 is 0 Å². The molecule has 0 aliphatic rings. The Morgan fingerprint density at radius 1 is 0.452 bits per heavy atom. The Morgan fingerprint density at radius 3 is 1.19 bits per heavy atom. The fourth-order valence-corrected chi connectivity index (χ4v) is 13.4. The Labute approximate surface area is 261 Å². The SMILES string of the molecule is CC[Si](C#Cc1cc2cc3ccc4c5cc6sc(C#C[Si](CC)(CC)CC)cc6cc5ccc4c3cc2s1)(CC)CC. The molecule has 0 aliphatic heterocycles. The first-order valence-corrected chi connectivity index (χ1v) is 22.6. The van der Waals surface area contributed by atoms with E-state index in [1.807, 2.05) is 22.7 Å². The monoisotopic (exact) mass is 616 g/mol. The van der Waals surface area contributed by atoms with Crippen molar-refractivity contribution in [2.75, 3.05) is 0 Å². The highest BCUT2D eigenvalue weighted by Gasteiger charge is 2.25. The summed E-state index contributed by atoms with van der Waals surface area (Å²) in [6.07, 6.45) is 0. The molecule has 0 spiro atoms. The highest BCUT2D eigenvalue weighted by Crippen LogP contribution is 2.38. The van der Waals surface area contributed by atoms with Crippen LogP contribution in [0.3, 0.4) is 0 Å². The molecule has 0 saturated heterocycles. The molecule has 0 saturated carbocycles. The zero-order valence-electron chi connectivity index (χ0n) is 25.8. The quantitative estimate of drug-likeness (QED) is 0.0992. The topological polar surface area (TPSA) is 0 Å². The summed E-state index contributed by atoms with van der Waals surface area (Å²) in [5.41, 5.74) is 7.57. The van der Waals surface area contributed by atoms with Crippen LogP contribution in [0.1, 0.15) is 51.3 Å². The number of thiophene rings is 2. The van der Waals surface area contributed by atoms with Crippen LogP contribution in [-0.4, -0.2) is 16.1 Å². The van der Waals surface area contributed by atoms with E-state index in [0.717, 1.165) is 0 Å². The van der Waals surface area contributed by atoms with Gasteiger partial charge in [0.25, 0.3) is 0 Å². The van der Waals surface area contributed by atoms with Crippen LogP contribution >= 0.6 is 22.7 Å². The molecule has 0 N–H and O–H groups in total. The molecule has 0 amide bonds. The smallest absolute Gasteiger partial charge is 0.127 e. The average Bonchev–Trinajstić information content (AvgIpc) is 3.63. The molecule has 6 rings (SSSR count). The molecule has 42 heavy (non-hydrogen) atoms. The van der Waals surface area contributed by atoms with E-state index in [0.29, 0.717) is 0 Å². The molecule has 2 heterocycles. The summed E-state index contributed by atoms with van der Waals surface area (Å²) in [6, 6.07) is 30.9. The first-order chi connectivity index (χ1) is 20.4. The standard InChI is InChI=1S/C38H40S2Si2/c1-7-41(8-2,9-3)19-17-31-23-29-21-27-13-15-34-33(35(27)25-37(29)39-31)16-14-28-22-30-24-32(40-38(30)26-36(28)34)18-20-42(10-4,11-5)12-6/h13-16,21-26H,7-12H2,1-6H3. The van der Waals surface area contributed by atoms with Crippen LogP contribution in [0, 0.1) is 22.9 Å². The van der Waals surface area contributed by atoms with Crippen LogP contribution in [0.15, 0.2) is 60.7 Å². The van der Waals surface area contributed by atoms with E-state index in [2.05, 4.69) is 125 Å². The van der Waals surface area contributed by atoms with Crippen molar-refractivity contribution in [2.45, 2.75) is 77.8 Å². The zero-order valence-corrected chi connectivity index (χ0v) is 29.5. The number of fused-ring (bicyclic) bond motifs is 7. The maximum Gasteiger partial charge on any atom is 0.138 e. The van der Waals surface area contributed by atoms with Crippen LogP contribution in [0.2, 0.25) is 36.3 Å². The summed E-state index contributed by atoms with van der Waals surface area (Å²) < 4.78 is 2.66. The second kappa shape index (κ2) is 11.7. The van der Waals surface area contributed by atoms with Gasteiger partial charge in [-0.25, -0.2) is 0 Å². The first-order valence-electron chi connectivity index (χ1n) is 15.7. The minimum Gasteiger partial charge on any atom is -0.127 e. The lowest BCUT2D eigenvalue weighted by atomic mass is 9.96. The van der Waals surface area contributed by atoms with Crippen molar-refractivity contribution in [2.24, 2.45) is 0 Å². The van der Waals surface area contributed by atoms with Gasteiger partial charge in [-0.05, 0) is 116 Å². The number of hydrogen-bond donors (Lipinski definition) is 0. The predicted molar refractivity (Wildman–Crippen MR) is 198 cm³/mol.